The van der Waals surface area contributed by atoms with Gasteiger partial charge < -0.3 is 14.2 Å². The fraction of sp³-hybridized carbons (Fsp3) is 0.458. The molecule has 0 bridgehead atoms. The van der Waals surface area contributed by atoms with E-state index >= 15 is 0 Å². The summed E-state index contributed by atoms with van der Waals surface area (Å²) in [6.07, 6.45) is 3.66. The first-order valence-electron chi connectivity index (χ1n) is 10.5. The molecule has 0 aliphatic carbocycles. The Morgan fingerprint density at radius 3 is 2.37 bits per heavy atom. The third-order valence-corrected chi connectivity index (χ3v) is 5.08. The van der Waals surface area contributed by atoms with Crippen LogP contribution < -0.4 is 5.49 Å². The second kappa shape index (κ2) is 9.74. The summed E-state index contributed by atoms with van der Waals surface area (Å²) in [5, 5.41) is 0. The first-order chi connectivity index (χ1) is 14.3. The lowest BCUT2D eigenvalue weighted by Crippen LogP contribution is -2.42. The third kappa shape index (κ3) is 6.58. The van der Waals surface area contributed by atoms with Crippen LogP contribution in [0.5, 0.6) is 0 Å². The minimum absolute atomic E-state index is 0.112. The molecule has 3 rings (SSSR count). The number of ether oxygens (including phenoxy) is 1. The largest absolute Gasteiger partial charge is 0.444 e. The molecule has 160 valence electrons. The molecule has 6 nitrogen and oxygen atoms in total. The topological polar surface area (TPSA) is 63.9 Å². The van der Waals surface area contributed by atoms with Gasteiger partial charge in [0.25, 0.3) is 0 Å². The molecular formula is C24H31N3O3. The van der Waals surface area contributed by atoms with Gasteiger partial charge in [0.05, 0.1) is 0 Å². The van der Waals surface area contributed by atoms with Gasteiger partial charge in [-0.05, 0) is 57.2 Å². The van der Waals surface area contributed by atoms with E-state index in [1.807, 2.05) is 67.9 Å². The van der Waals surface area contributed by atoms with Crippen LogP contribution in [-0.4, -0.2) is 40.2 Å². The number of carbonyl (C=O) groups is 2. The summed E-state index contributed by atoms with van der Waals surface area (Å²) in [5.41, 5.74) is 1.33. The SMILES string of the molecule is CC(C)(C)OC(=O)N1CCC(CC(=O)N=c2ccccn2Cc2ccccc2)CC1. The van der Waals surface area contributed by atoms with E-state index in [9.17, 15) is 9.59 Å². The maximum atomic E-state index is 12.6. The molecule has 1 aliphatic heterocycles. The van der Waals surface area contributed by atoms with Gasteiger partial charge in [-0.2, -0.15) is 4.99 Å². The molecule has 1 aliphatic rings. The fourth-order valence-electron chi connectivity index (χ4n) is 3.55. The predicted molar refractivity (Wildman–Crippen MR) is 116 cm³/mol. The number of rotatable bonds is 4. The van der Waals surface area contributed by atoms with Crippen molar-refractivity contribution >= 4 is 12.0 Å². The Balaban J connectivity index is 1.58. The maximum Gasteiger partial charge on any atom is 0.410 e. The molecule has 6 heteroatoms. The molecule has 1 saturated heterocycles. The van der Waals surface area contributed by atoms with E-state index in [-0.39, 0.29) is 17.9 Å². The van der Waals surface area contributed by atoms with Gasteiger partial charge in [-0.3, -0.25) is 4.79 Å². The first kappa shape index (κ1) is 21.8. The van der Waals surface area contributed by atoms with Crippen molar-refractivity contribution in [3.63, 3.8) is 0 Å². The summed E-state index contributed by atoms with van der Waals surface area (Å²) >= 11 is 0. The molecule has 0 radical (unpaired) electrons. The highest BCUT2D eigenvalue weighted by atomic mass is 16.6. The van der Waals surface area contributed by atoms with Gasteiger partial charge in [0, 0.05) is 32.3 Å². The lowest BCUT2D eigenvalue weighted by Gasteiger charge is -2.33. The summed E-state index contributed by atoms with van der Waals surface area (Å²) in [7, 11) is 0. The van der Waals surface area contributed by atoms with Crippen LogP contribution in [0.3, 0.4) is 0 Å². The monoisotopic (exact) mass is 409 g/mol. The van der Waals surface area contributed by atoms with Crippen molar-refractivity contribution < 1.29 is 14.3 Å². The van der Waals surface area contributed by atoms with Crippen LogP contribution >= 0.6 is 0 Å². The fourth-order valence-corrected chi connectivity index (χ4v) is 3.55. The zero-order valence-electron chi connectivity index (χ0n) is 18.1. The zero-order valence-corrected chi connectivity index (χ0v) is 18.1. The lowest BCUT2D eigenvalue weighted by atomic mass is 9.93. The minimum atomic E-state index is -0.492. The van der Waals surface area contributed by atoms with Crippen LogP contribution in [0.2, 0.25) is 0 Å². The van der Waals surface area contributed by atoms with E-state index in [2.05, 4.69) is 17.1 Å². The van der Waals surface area contributed by atoms with Crippen LogP contribution in [0.15, 0.2) is 59.7 Å². The second-order valence-electron chi connectivity index (χ2n) is 8.79. The minimum Gasteiger partial charge on any atom is -0.444 e. The Hall–Kier alpha value is -2.89. The van der Waals surface area contributed by atoms with Gasteiger partial charge in [-0.25, -0.2) is 4.79 Å². The standard InChI is InChI=1S/C24H31N3O3/c1-24(2,3)30-23(29)26-15-12-19(13-16-26)17-22(28)25-21-11-7-8-14-27(21)18-20-9-5-4-6-10-20/h4-11,14,19H,12-13,15-18H2,1-3H3. The average molecular weight is 410 g/mol. The van der Waals surface area contributed by atoms with Crippen molar-refractivity contribution in [2.24, 2.45) is 10.9 Å². The van der Waals surface area contributed by atoms with E-state index in [0.717, 1.165) is 18.4 Å². The Morgan fingerprint density at radius 2 is 1.70 bits per heavy atom. The lowest BCUT2D eigenvalue weighted by molar-refractivity contribution is -0.119. The number of pyridine rings is 1. The van der Waals surface area contributed by atoms with E-state index in [0.29, 0.717) is 31.5 Å². The highest BCUT2D eigenvalue weighted by Gasteiger charge is 2.27. The van der Waals surface area contributed by atoms with Crippen molar-refractivity contribution in [2.75, 3.05) is 13.1 Å². The molecule has 2 aromatic rings. The number of hydrogen-bond donors (Lipinski definition) is 0. The third-order valence-electron chi connectivity index (χ3n) is 5.08. The van der Waals surface area contributed by atoms with Gasteiger partial charge in [0.1, 0.15) is 11.1 Å². The molecule has 0 unspecified atom stereocenters. The normalized spacial score (nSPS) is 15.8. The van der Waals surface area contributed by atoms with E-state index in [4.69, 9.17) is 4.74 Å². The second-order valence-corrected chi connectivity index (χ2v) is 8.79. The zero-order chi connectivity index (χ0) is 21.6. The number of amides is 2. The van der Waals surface area contributed by atoms with Crippen molar-refractivity contribution in [3.05, 3.63) is 65.8 Å². The number of piperidine rings is 1. The number of likely N-dealkylation sites (tertiary alicyclic amines) is 1. The van der Waals surface area contributed by atoms with Crippen LogP contribution in [0.25, 0.3) is 0 Å². The van der Waals surface area contributed by atoms with Gasteiger partial charge >= 0.3 is 6.09 Å². The maximum absolute atomic E-state index is 12.6. The molecule has 0 N–H and O–H groups in total. The van der Waals surface area contributed by atoms with E-state index in [1.54, 1.807) is 4.90 Å². The number of nitrogens with zero attached hydrogens (tertiary/aromatic N) is 3. The Bertz CT molecular complexity index is 920. The number of aromatic nitrogens is 1. The highest BCUT2D eigenvalue weighted by Crippen LogP contribution is 2.22. The Morgan fingerprint density at radius 1 is 1.03 bits per heavy atom. The molecular weight excluding hydrogens is 378 g/mol. The quantitative estimate of drug-likeness (QED) is 0.767. The van der Waals surface area contributed by atoms with Crippen LogP contribution in [0.4, 0.5) is 4.79 Å². The van der Waals surface area contributed by atoms with Crippen molar-refractivity contribution in [1.82, 2.24) is 9.47 Å². The molecule has 30 heavy (non-hydrogen) atoms. The number of benzene rings is 1. The summed E-state index contributed by atoms with van der Waals surface area (Å²) in [4.78, 5) is 30.9. The number of hydrogen-bond acceptors (Lipinski definition) is 3. The van der Waals surface area contributed by atoms with E-state index < -0.39 is 5.60 Å². The molecule has 1 aromatic heterocycles. The smallest absolute Gasteiger partial charge is 0.410 e. The summed E-state index contributed by atoms with van der Waals surface area (Å²) in [6.45, 7) is 7.50. The molecule has 2 heterocycles. The van der Waals surface area contributed by atoms with Crippen molar-refractivity contribution in [1.29, 1.82) is 0 Å². The highest BCUT2D eigenvalue weighted by molar-refractivity contribution is 5.77. The first-order valence-corrected chi connectivity index (χ1v) is 10.5. The van der Waals surface area contributed by atoms with Gasteiger partial charge in [0.2, 0.25) is 5.91 Å². The molecule has 1 aromatic carbocycles. The van der Waals surface area contributed by atoms with Crippen LogP contribution in [0, 0.1) is 5.92 Å². The summed E-state index contributed by atoms with van der Waals surface area (Å²) < 4.78 is 7.42. The Labute approximate surface area is 178 Å². The van der Waals surface area contributed by atoms with Crippen LogP contribution in [0.1, 0.15) is 45.6 Å². The van der Waals surface area contributed by atoms with Gasteiger partial charge in [0.15, 0.2) is 0 Å². The summed E-state index contributed by atoms with van der Waals surface area (Å²) in [6, 6.07) is 15.8. The molecule has 0 spiro atoms. The Kier molecular flexibility index (Phi) is 7.08. The molecule has 1 fully saturated rings. The number of carbonyl (C=O) groups excluding carboxylic acids is 2. The van der Waals surface area contributed by atoms with Gasteiger partial charge in [-0.15, -0.1) is 0 Å². The van der Waals surface area contributed by atoms with Crippen LogP contribution in [-0.2, 0) is 16.1 Å². The summed E-state index contributed by atoms with van der Waals surface area (Å²) in [5.74, 6) is 0.130. The molecule has 0 atom stereocenters. The average Bonchev–Trinajstić information content (AvgIpc) is 2.69. The van der Waals surface area contributed by atoms with Gasteiger partial charge in [-0.1, -0.05) is 36.4 Å². The van der Waals surface area contributed by atoms with Crippen molar-refractivity contribution in [2.45, 2.75) is 52.2 Å². The predicted octanol–water partition coefficient (Wildman–Crippen LogP) is 4.00. The molecule has 2 amide bonds. The van der Waals surface area contributed by atoms with Crippen molar-refractivity contribution in [3.8, 4) is 0 Å². The van der Waals surface area contributed by atoms with E-state index in [1.165, 1.54) is 0 Å². The molecule has 0 saturated carbocycles.